The van der Waals surface area contributed by atoms with E-state index in [2.05, 4.69) is 15.6 Å². The maximum Gasteiger partial charge on any atom is 0.272 e. The second-order valence-electron chi connectivity index (χ2n) is 9.79. The summed E-state index contributed by atoms with van der Waals surface area (Å²) in [5.41, 5.74) is 0.859. The first kappa shape index (κ1) is 25.6. The summed E-state index contributed by atoms with van der Waals surface area (Å²) in [6, 6.07) is 16.9. The van der Waals surface area contributed by atoms with E-state index in [1.807, 2.05) is 55.7 Å². The molecule has 0 aliphatic carbocycles. The Morgan fingerprint density at radius 2 is 1.58 bits per heavy atom. The Bertz CT molecular complexity index is 1360. The van der Waals surface area contributed by atoms with Crippen molar-refractivity contribution in [1.29, 1.82) is 0 Å². The minimum atomic E-state index is -3.77. The molecule has 3 aromatic rings. The van der Waals surface area contributed by atoms with Gasteiger partial charge in [0.25, 0.3) is 5.91 Å². The number of benzene rings is 2. The van der Waals surface area contributed by atoms with Gasteiger partial charge in [-0.2, -0.15) is 4.31 Å². The summed E-state index contributed by atoms with van der Waals surface area (Å²) in [5.74, 6) is -0.260. The van der Waals surface area contributed by atoms with Crippen LogP contribution >= 0.6 is 0 Å². The lowest BCUT2D eigenvalue weighted by atomic mass is 9.86. The first-order valence-corrected chi connectivity index (χ1v) is 13.2. The monoisotopic (exact) mass is 509 g/mol. The lowest BCUT2D eigenvalue weighted by molar-refractivity contribution is -0.124. The van der Waals surface area contributed by atoms with E-state index < -0.39 is 27.4 Å². The number of amides is 2. The standard InChI is InChI=1S/C26H31N5O4S/c1-26(2,3)22(25(33)27-4)29-24(32)21-20-17-30(36(34,35)19-13-9-6-10-14-19)15-16-31(20)23(28-21)18-11-7-5-8-12-18/h5-14,22H,15-17H2,1-4H3,(H,27,33)(H,29,32)/t22-/m1/s1. The molecule has 1 aromatic heterocycles. The highest BCUT2D eigenvalue weighted by atomic mass is 32.2. The summed E-state index contributed by atoms with van der Waals surface area (Å²) >= 11 is 0. The van der Waals surface area contributed by atoms with Crippen LogP contribution in [0.2, 0.25) is 0 Å². The molecule has 0 unspecified atom stereocenters. The fourth-order valence-electron chi connectivity index (χ4n) is 4.30. The van der Waals surface area contributed by atoms with E-state index in [-0.39, 0.29) is 29.6 Å². The van der Waals surface area contributed by atoms with Gasteiger partial charge in [0.15, 0.2) is 5.69 Å². The Labute approximate surface area is 211 Å². The van der Waals surface area contributed by atoms with Crippen molar-refractivity contribution in [3.8, 4) is 11.4 Å². The van der Waals surface area contributed by atoms with Crippen LogP contribution in [0.5, 0.6) is 0 Å². The molecule has 0 fully saturated rings. The summed E-state index contributed by atoms with van der Waals surface area (Å²) in [6.07, 6.45) is 0. The molecule has 0 saturated carbocycles. The van der Waals surface area contributed by atoms with Crippen molar-refractivity contribution in [3.05, 3.63) is 72.1 Å². The number of likely N-dealkylation sites (N-methyl/N-ethyl adjacent to an activating group) is 1. The van der Waals surface area contributed by atoms with Crippen LogP contribution in [0.15, 0.2) is 65.6 Å². The predicted octanol–water partition coefficient (Wildman–Crippen LogP) is 2.65. The largest absolute Gasteiger partial charge is 0.357 e. The number of aromatic nitrogens is 2. The zero-order valence-corrected chi connectivity index (χ0v) is 21.7. The highest BCUT2D eigenvalue weighted by Gasteiger charge is 2.37. The average molecular weight is 510 g/mol. The van der Waals surface area contributed by atoms with Gasteiger partial charge in [-0.25, -0.2) is 13.4 Å². The summed E-state index contributed by atoms with van der Waals surface area (Å²) in [6.45, 7) is 6.15. The summed E-state index contributed by atoms with van der Waals surface area (Å²) in [7, 11) is -2.25. The molecule has 1 aliphatic heterocycles. The molecule has 0 spiro atoms. The number of carbonyl (C=O) groups is 2. The minimum Gasteiger partial charge on any atom is -0.357 e. The van der Waals surface area contributed by atoms with Gasteiger partial charge in [0, 0.05) is 25.7 Å². The fraction of sp³-hybridized carbons (Fsp3) is 0.346. The zero-order valence-electron chi connectivity index (χ0n) is 20.9. The van der Waals surface area contributed by atoms with E-state index in [4.69, 9.17) is 0 Å². The zero-order chi connectivity index (χ0) is 26.1. The van der Waals surface area contributed by atoms with E-state index in [1.54, 1.807) is 30.3 Å². The Kier molecular flexibility index (Phi) is 7.01. The minimum absolute atomic E-state index is 0.0139. The third-order valence-corrected chi connectivity index (χ3v) is 8.11. The van der Waals surface area contributed by atoms with Gasteiger partial charge in [0.2, 0.25) is 15.9 Å². The van der Waals surface area contributed by atoms with Crippen LogP contribution in [0.25, 0.3) is 11.4 Å². The summed E-state index contributed by atoms with van der Waals surface area (Å²) < 4.78 is 29.9. The van der Waals surface area contributed by atoms with Crippen LogP contribution in [-0.2, 0) is 27.9 Å². The van der Waals surface area contributed by atoms with Crippen molar-refractivity contribution in [3.63, 3.8) is 0 Å². The van der Waals surface area contributed by atoms with Gasteiger partial charge in [-0.05, 0) is 17.5 Å². The highest BCUT2D eigenvalue weighted by molar-refractivity contribution is 7.89. The van der Waals surface area contributed by atoms with E-state index in [0.29, 0.717) is 18.1 Å². The van der Waals surface area contributed by atoms with Crippen LogP contribution in [-0.4, -0.2) is 53.7 Å². The predicted molar refractivity (Wildman–Crippen MR) is 136 cm³/mol. The van der Waals surface area contributed by atoms with Crippen LogP contribution in [0.4, 0.5) is 0 Å². The molecule has 9 nitrogen and oxygen atoms in total. The van der Waals surface area contributed by atoms with Crippen molar-refractivity contribution >= 4 is 21.8 Å². The SMILES string of the molecule is CNC(=O)[C@@H](NC(=O)c1nc(-c2ccccc2)n2c1CN(S(=O)(=O)c1ccccc1)CC2)C(C)(C)C. The molecule has 10 heteroatoms. The molecule has 2 amide bonds. The first-order chi connectivity index (χ1) is 17.0. The van der Waals surface area contributed by atoms with E-state index in [1.165, 1.54) is 11.4 Å². The quantitative estimate of drug-likeness (QED) is 0.530. The molecular weight excluding hydrogens is 478 g/mol. The molecule has 2 heterocycles. The molecule has 0 saturated heterocycles. The van der Waals surface area contributed by atoms with Gasteiger partial charge in [0.1, 0.15) is 11.9 Å². The van der Waals surface area contributed by atoms with Crippen LogP contribution in [0.3, 0.4) is 0 Å². The van der Waals surface area contributed by atoms with E-state index in [9.17, 15) is 18.0 Å². The third-order valence-electron chi connectivity index (χ3n) is 6.25. The van der Waals surface area contributed by atoms with Gasteiger partial charge in [-0.15, -0.1) is 0 Å². The van der Waals surface area contributed by atoms with E-state index in [0.717, 1.165) is 5.56 Å². The Hall–Kier alpha value is -3.50. The van der Waals surface area contributed by atoms with Crippen molar-refractivity contribution in [2.75, 3.05) is 13.6 Å². The third kappa shape index (κ3) is 4.91. The molecule has 36 heavy (non-hydrogen) atoms. The molecular formula is C26H31N5O4S. The number of carbonyl (C=O) groups excluding carboxylic acids is 2. The number of fused-ring (bicyclic) bond motifs is 1. The number of nitrogens with one attached hydrogen (secondary N) is 2. The normalized spacial score (nSPS) is 15.1. The molecule has 0 bridgehead atoms. The molecule has 2 aromatic carbocycles. The summed E-state index contributed by atoms with van der Waals surface area (Å²) in [5, 5.41) is 5.43. The Morgan fingerprint density at radius 3 is 2.17 bits per heavy atom. The van der Waals surface area contributed by atoms with Gasteiger partial charge in [0.05, 0.1) is 17.1 Å². The number of sulfonamides is 1. The van der Waals surface area contributed by atoms with Crippen LogP contribution in [0, 0.1) is 5.41 Å². The maximum absolute atomic E-state index is 13.5. The van der Waals surface area contributed by atoms with Crippen molar-refractivity contribution in [2.24, 2.45) is 5.41 Å². The average Bonchev–Trinajstić information content (AvgIpc) is 3.26. The molecule has 1 atom stereocenters. The Morgan fingerprint density at radius 1 is 0.972 bits per heavy atom. The number of hydrogen-bond acceptors (Lipinski definition) is 5. The second kappa shape index (κ2) is 9.87. The van der Waals surface area contributed by atoms with Gasteiger partial charge in [-0.1, -0.05) is 69.3 Å². The molecule has 0 radical (unpaired) electrons. The van der Waals surface area contributed by atoms with Crippen LogP contribution < -0.4 is 10.6 Å². The lowest BCUT2D eigenvalue weighted by Crippen LogP contribution is -2.53. The topological polar surface area (TPSA) is 113 Å². The summed E-state index contributed by atoms with van der Waals surface area (Å²) in [4.78, 5) is 30.9. The first-order valence-electron chi connectivity index (χ1n) is 11.8. The number of imidazole rings is 1. The molecule has 190 valence electrons. The fourth-order valence-corrected chi connectivity index (χ4v) is 5.71. The maximum atomic E-state index is 13.5. The van der Waals surface area contributed by atoms with Crippen molar-refractivity contribution < 1.29 is 18.0 Å². The smallest absolute Gasteiger partial charge is 0.272 e. The number of nitrogens with zero attached hydrogens (tertiary/aromatic N) is 3. The highest BCUT2D eigenvalue weighted by Crippen LogP contribution is 2.30. The molecule has 2 N–H and O–H groups in total. The van der Waals surface area contributed by atoms with Crippen LogP contribution in [0.1, 0.15) is 37.0 Å². The van der Waals surface area contributed by atoms with Crippen molar-refractivity contribution in [1.82, 2.24) is 24.5 Å². The number of rotatable bonds is 6. The van der Waals surface area contributed by atoms with E-state index >= 15 is 0 Å². The van der Waals surface area contributed by atoms with Gasteiger partial charge >= 0.3 is 0 Å². The number of hydrogen-bond donors (Lipinski definition) is 2. The van der Waals surface area contributed by atoms with Gasteiger partial charge < -0.3 is 15.2 Å². The van der Waals surface area contributed by atoms with Gasteiger partial charge in [-0.3, -0.25) is 9.59 Å². The van der Waals surface area contributed by atoms with Crippen molar-refractivity contribution in [2.45, 2.75) is 44.8 Å². The molecule has 1 aliphatic rings. The lowest BCUT2D eigenvalue weighted by Gasteiger charge is -2.30. The molecule has 4 rings (SSSR count). The second-order valence-corrected chi connectivity index (χ2v) is 11.7. The Balaban J connectivity index is 1.76.